The van der Waals surface area contributed by atoms with Crippen LogP contribution in [0.3, 0.4) is 0 Å². The fraction of sp³-hybridized carbons (Fsp3) is 0.312. The zero-order chi connectivity index (χ0) is 15.4. The molecule has 0 amide bonds. The van der Waals surface area contributed by atoms with Crippen molar-refractivity contribution in [2.24, 2.45) is 0 Å². The third kappa shape index (κ3) is 3.13. The zero-order valence-electron chi connectivity index (χ0n) is 12.4. The number of methoxy groups -OCH3 is 1. The van der Waals surface area contributed by atoms with Crippen molar-refractivity contribution in [1.82, 2.24) is 9.55 Å². The first-order valence-corrected chi connectivity index (χ1v) is 7.71. The molecule has 1 aromatic carbocycles. The molecule has 2 aromatic rings. The summed E-state index contributed by atoms with van der Waals surface area (Å²) in [6.07, 6.45) is 3.73. The molecule has 0 saturated heterocycles. The van der Waals surface area contributed by atoms with Gasteiger partial charge in [-0.3, -0.25) is 0 Å². The summed E-state index contributed by atoms with van der Waals surface area (Å²) >= 11 is 3.49. The summed E-state index contributed by atoms with van der Waals surface area (Å²) in [5.74, 6) is 2.39. The van der Waals surface area contributed by atoms with E-state index in [2.05, 4.69) is 29.4 Å². The number of benzene rings is 1. The number of nitrogens with two attached hydrogens (primary N) is 1. The zero-order valence-corrected chi connectivity index (χ0v) is 14.0. The summed E-state index contributed by atoms with van der Waals surface area (Å²) < 4.78 is 8.40. The Morgan fingerprint density at radius 3 is 2.86 bits per heavy atom. The van der Waals surface area contributed by atoms with Crippen LogP contribution in [-0.2, 0) is 13.0 Å². The largest absolute Gasteiger partial charge is 0.496 e. The van der Waals surface area contributed by atoms with Gasteiger partial charge in [-0.1, -0.05) is 28.9 Å². The van der Waals surface area contributed by atoms with Crippen LogP contribution in [0.5, 0.6) is 5.75 Å². The number of allylic oxidation sites excluding steroid dienone is 1. The summed E-state index contributed by atoms with van der Waals surface area (Å²) in [5.41, 5.74) is 7.96. The molecule has 0 atom stereocenters. The summed E-state index contributed by atoms with van der Waals surface area (Å²) in [6.45, 7) is 6.58. The number of nitrogens with zero attached hydrogens (tertiary/aromatic N) is 2. The van der Waals surface area contributed by atoms with Crippen LogP contribution in [0.4, 0.5) is 5.82 Å². The lowest BCUT2D eigenvalue weighted by atomic mass is 10.1. The lowest BCUT2D eigenvalue weighted by Crippen LogP contribution is -2.05. The van der Waals surface area contributed by atoms with Gasteiger partial charge in [-0.05, 0) is 24.6 Å². The van der Waals surface area contributed by atoms with Crippen LogP contribution in [-0.4, -0.2) is 16.7 Å². The number of aryl methyl sites for hydroxylation is 1. The molecular weight excluding hydrogens is 330 g/mol. The van der Waals surface area contributed by atoms with Crippen molar-refractivity contribution in [3.63, 3.8) is 0 Å². The van der Waals surface area contributed by atoms with E-state index in [0.717, 1.165) is 40.1 Å². The molecule has 0 aliphatic carbocycles. The second-order valence-electron chi connectivity index (χ2n) is 4.76. The Morgan fingerprint density at radius 1 is 1.48 bits per heavy atom. The second-order valence-corrected chi connectivity index (χ2v) is 5.67. The molecule has 0 spiro atoms. The first-order valence-electron chi connectivity index (χ1n) is 6.92. The van der Waals surface area contributed by atoms with E-state index in [-0.39, 0.29) is 0 Å². The van der Waals surface area contributed by atoms with Crippen LogP contribution in [0.2, 0.25) is 0 Å². The Hall–Kier alpha value is -1.75. The number of hydrogen-bond acceptors (Lipinski definition) is 3. The standard InChI is InChI=1S/C16H20BrN3O/c1-4-6-14-19-15(16(18)20(14)9-5-2)12-10-11(17)7-8-13(12)21-3/h5,7-8,10H,2,4,6,9,18H2,1,3H3. The van der Waals surface area contributed by atoms with Crippen molar-refractivity contribution < 1.29 is 4.74 Å². The molecule has 0 aliphatic heterocycles. The monoisotopic (exact) mass is 349 g/mol. The van der Waals surface area contributed by atoms with Gasteiger partial charge in [-0.25, -0.2) is 4.98 Å². The van der Waals surface area contributed by atoms with Gasteiger partial charge in [0.05, 0.1) is 7.11 Å². The molecule has 0 bridgehead atoms. The molecule has 2 N–H and O–H groups in total. The molecule has 112 valence electrons. The van der Waals surface area contributed by atoms with E-state index in [9.17, 15) is 0 Å². The van der Waals surface area contributed by atoms with Gasteiger partial charge in [0.15, 0.2) is 0 Å². The summed E-state index contributed by atoms with van der Waals surface area (Å²) in [4.78, 5) is 4.73. The molecule has 4 nitrogen and oxygen atoms in total. The number of imidazole rings is 1. The van der Waals surface area contributed by atoms with Crippen molar-refractivity contribution in [3.05, 3.63) is 41.2 Å². The highest BCUT2D eigenvalue weighted by Crippen LogP contribution is 2.36. The van der Waals surface area contributed by atoms with E-state index in [1.54, 1.807) is 7.11 Å². The second kappa shape index (κ2) is 6.80. The van der Waals surface area contributed by atoms with Gasteiger partial charge in [0.2, 0.25) is 0 Å². The lowest BCUT2D eigenvalue weighted by molar-refractivity contribution is 0.416. The van der Waals surface area contributed by atoms with Crippen molar-refractivity contribution >= 4 is 21.7 Å². The van der Waals surface area contributed by atoms with Crippen LogP contribution >= 0.6 is 15.9 Å². The van der Waals surface area contributed by atoms with Gasteiger partial charge in [0.1, 0.15) is 23.1 Å². The smallest absolute Gasteiger partial charge is 0.132 e. The first kappa shape index (κ1) is 15.6. The van der Waals surface area contributed by atoms with Crippen LogP contribution in [0.1, 0.15) is 19.2 Å². The fourth-order valence-corrected chi connectivity index (χ4v) is 2.69. The van der Waals surface area contributed by atoms with Gasteiger partial charge >= 0.3 is 0 Å². The van der Waals surface area contributed by atoms with E-state index < -0.39 is 0 Å². The Labute approximate surface area is 133 Å². The molecule has 2 rings (SSSR count). The molecule has 0 fully saturated rings. The number of anilines is 1. The molecule has 0 unspecified atom stereocenters. The highest BCUT2D eigenvalue weighted by Gasteiger charge is 2.18. The molecule has 5 heteroatoms. The maximum absolute atomic E-state index is 6.31. The van der Waals surface area contributed by atoms with Gasteiger partial charge in [0.25, 0.3) is 0 Å². The minimum atomic E-state index is 0.648. The fourth-order valence-electron chi connectivity index (χ4n) is 2.32. The van der Waals surface area contributed by atoms with Crippen molar-refractivity contribution in [2.75, 3.05) is 12.8 Å². The van der Waals surface area contributed by atoms with Crippen molar-refractivity contribution in [3.8, 4) is 17.0 Å². The Kier molecular flexibility index (Phi) is 5.07. The summed E-state index contributed by atoms with van der Waals surface area (Å²) in [7, 11) is 1.65. The third-order valence-corrected chi connectivity index (χ3v) is 3.78. The average molecular weight is 350 g/mol. The topological polar surface area (TPSA) is 53.1 Å². The van der Waals surface area contributed by atoms with E-state index >= 15 is 0 Å². The van der Waals surface area contributed by atoms with Crippen molar-refractivity contribution in [1.29, 1.82) is 0 Å². The van der Waals surface area contributed by atoms with Crippen LogP contribution in [0, 0.1) is 0 Å². The van der Waals surface area contributed by atoms with E-state index in [0.29, 0.717) is 12.4 Å². The minimum Gasteiger partial charge on any atom is -0.496 e. The Morgan fingerprint density at radius 2 is 2.24 bits per heavy atom. The molecule has 1 heterocycles. The van der Waals surface area contributed by atoms with Gasteiger partial charge in [0, 0.05) is 23.0 Å². The van der Waals surface area contributed by atoms with Crippen molar-refractivity contribution in [2.45, 2.75) is 26.3 Å². The Bertz CT molecular complexity index is 649. The molecular formula is C16H20BrN3O. The number of nitrogen functional groups attached to an aromatic ring is 1. The number of aromatic nitrogens is 2. The summed E-state index contributed by atoms with van der Waals surface area (Å²) in [6, 6.07) is 5.82. The van der Waals surface area contributed by atoms with Gasteiger partial charge < -0.3 is 15.0 Å². The average Bonchev–Trinajstić information content (AvgIpc) is 2.77. The molecule has 21 heavy (non-hydrogen) atoms. The lowest BCUT2D eigenvalue weighted by Gasteiger charge is -2.08. The number of hydrogen-bond donors (Lipinski definition) is 1. The summed E-state index contributed by atoms with van der Waals surface area (Å²) in [5, 5.41) is 0. The third-order valence-electron chi connectivity index (χ3n) is 3.29. The number of rotatable bonds is 6. The maximum atomic E-state index is 6.31. The van der Waals surface area contributed by atoms with Gasteiger partial charge in [-0.2, -0.15) is 0 Å². The van der Waals surface area contributed by atoms with E-state index in [4.69, 9.17) is 15.5 Å². The maximum Gasteiger partial charge on any atom is 0.132 e. The number of halogens is 1. The first-order chi connectivity index (χ1) is 10.1. The van der Waals surface area contributed by atoms with Crippen LogP contribution in [0.15, 0.2) is 35.3 Å². The minimum absolute atomic E-state index is 0.648. The normalized spacial score (nSPS) is 10.6. The quantitative estimate of drug-likeness (QED) is 0.800. The SMILES string of the molecule is C=CCn1c(CCC)nc(-c2cc(Br)ccc2OC)c1N. The predicted molar refractivity (Wildman–Crippen MR) is 90.5 cm³/mol. The Balaban J connectivity index is 2.61. The van der Waals surface area contributed by atoms with E-state index in [1.807, 2.05) is 28.8 Å². The highest BCUT2D eigenvalue weighted by atomic mass is 79.9. The molecule has 0 saturated carbocycles. The van der Waals surface area contributed by atoms with Crippen LogP contribution < -0.4 is 10.5 Å². The van der Waals surface area contributed by atoms with Crippen LogP contribution in [0.25, 0.3) is 11.3 Å². The molecule has 0 aliphatic rings. The number of ether oxygens (including phenoxy) is 1. The molecule has 1 aromatic heterocycles. The van der Waals surface area contributed by atoms with Gasteiger partial charge in [-0.15, -0.1) is 6.58 Å². The predicted octanol–water partition coefficient (Wildman–Crippen LogP) is 4.04. The van der Waals surface area contributed by atoms with E-state index in [1.165, 1.54) is 0 Å². The molecule has 0 radical (unpaired) electrons. The highest BCUT2D eigenvalue weighted by molar-refractivity contribution is 9.10.